The Hall–Kier alpha value is -1.16. The van der Waals surface area contributed by atoms with Crippen LogP contribution in [0.5, 0.6) is 0 Å². The van der Waals surface area contributed by atoms with Crippen molar-refractivity contribution in [1.29, 1.82) is 0 Å². The van der Waals surface area contributed by atoms with Crippen LogP contribution in [0.3, 0.4) is 0 Å². The van der Waals surface area contributed by atoms with E-state index in [-0.39, 0.29) is 4.83 Å². The van der Waals surface area contributed by atoms with Crippen LogP contribution >= 0.6 is 15.9 Å². The van der Waals surface area contributed by atoms with Gasteiger partial charge in [-0.15, -0.1) is 5.10 Å². The number of rotatable bonds is 3. The molecule has 0 aliphatic carbocycles. The molecule has 0 saturated carbocycles. The van der Waals surface area contributed by atoms with Crippen molar-refractivity contribution in [1.82, 2.24) is 15.0 Å². The zero-order valence-corrected chi connectivity index (χ0v) is 11.9. The summed E-state index contributed by atoms with van der Waals surface area (Å²) in [6.07, 6.45) is 2.99. The summed E-state index contributed by atoms with van der Waals surface area (Å²) in [5, 5.41) is 8.38. The van der Waals surface area contributed by atoms with Gasteiger partial charge in [0.25, 0.3) is 0 Å². The van der Waals surface area contributed by atoms with Crippen molar-refractivity contribution in [3.8, 4) is 5.69 Å². The highest BCUT2D eigenvalue weighted by molar-refractivity contribution is 9.09. The molecule has 1 aromatic heterocycles. The smallest absolute Gasteiger partial charge is 0.0967 e. The lowest BCUT2D eigenvalue weighted by atomic mass is 10.1. The first kappa shape index (κ1) is 12.3. The van der Waals surface area contributed by atoms with Gasteiger partial charge >= 0.3 is 0 Å². The van der Waals surface area contributed by atoms with Gasteiger partial charge in [0.2, 0.25) is 0 Å². The number of aromatic nitrogens is 3. The Kier molecular flexibility index (Phi) is 3.62. The quantitative estimate of drug-likeness (QED) is 0.808. The molecule has 0 aliphatic heterocycles. The average molecular weight is 294 g/mol. The maximum atomic E-state index is 4.19. The van der Waals surface area contributed by atoms with Gasteiger partial charge in [0.15, 0.2) is 0 Å². The minimum atomic E-state index is 0.280. The molecule has 1 heterocycles. The highest BCUT2D eigenvalue weighted by Crippen LogP contribution is 2.24. The second-order valence-corrected chi connectivity index (χ2v) is 5.36. The average Bonchev–Trinajstić information content (AvgIpc) is 2.77. The van der Waals surface area contributed by atoms with E-state index in [1.54, 1.807) is 0 Å². The first-order valence-corrected chi connectivity index (χ1v) is 6.67. The third-order valence-electron chi connectivity index (χ3n) is 2.79. The Bertz CT molecular complexity index is 519. The van der Waals surface area contributed by atoms with Crippen LogP contribution in [-0.4, -0.2) is 15.0 Å². The second kappa shape index (κ2) is 5.00. The van der Waals surface area contributed by atoms with Gasteiger partial charge in [-0.3, -0.25) is 0 Å². The lowest BCUT2D eigenvalue weighted by Gasteiger charge is -2.05. The fourth-order valence-corrected chi connectivity index (χ4v) is 2.02. The van der Waals surface area contributed by atoms with E-state index in [2.05, 4.69) is 65.2 Å². The lowest BCUT2D eigenvalue weighted by molar-refractivity contribution is 0.786. The van der Waals surface area contributed by atoms with Crippen molar-refractivity contribution < 1.29 is 0 Å². The van der Waals surface area contributed by atoms with Crippen LogP contribution in [0.4, 0.5) is 0 Å². The van der Waals surface area contributed by atoms with Crippen LogP contribution in [0.25, 0.3) is 5.69 Å². The zero-order chi connectivity index (χ0) is 12.4. The number of halogens is 1. The van der Waals surface area contributed by atoms with E-state index >= 15 is 0 Å². The number of hydrogen-bond donors (Lipinski definition) is 0. The summed E-state index contributed by atoms with van der Waals surface area (Å²) >= 11 is 3.59. The van der Waals surface area contributed by atoms with E-state index in [4.69, 9.17) is 0 Å². The highest BCUT2D eigenvalue weighted by Gasteiger charge is 2.11. The second-order valence-electron chi connectivity index (χ2n) is 4.25. The summed E-state index contributed by atoms with van der Waals surface area (Å²) in [5.41, 5.74) is 4.54. The van der Waals surface area contributed by atoms with Crippen LogP contribution in [-0.2, 0) is 0 Å². The topological polar surface area (TPSA) is 30.7 Å². The van der Waals surface area contributed by atoms with Crippen LogP contribution in [0, 0.1) is 13.8 Å². The van der Waals surface area contributed by atoms with Gasteiger partial charge in [0, 0.05) is 0 Å². The first-order valence-electron chi connectivity index (χ1n) is 5.75. The Labute approximate surface area is 110 Å². The predicted octanol–water partition coefficient (Wildman–Crippen LogP) is 3.73. The Balaban J connectivity index is 2.37. The summed E-state index contributed by atoms with van der Waals surface area (Å²) < 4.78 is 1.84. The van der Waals surface area contributed by atoms with Crippen molar-refractivity contribution in [2.75, 3.05) is 0 Å². The summed E-state index contributed by atoms with van der Waals surface area (Å²) in [5.74, 6) is 0. The normalized spacial score (nSPS) is 12.7. The van der Waals surface area contributed by atoms with Crippen LogP contribution < -0.4 is 0 Å². The van der Waals surface area contributed by atoms with Crippen LogP contribution in [0.1, 0.15) is 35.0 Å². The Morgan fingerprint density at radius 2 is 2.12 bits per heavy atom. The number of aryl methyl sites for hydroxylation is 2. The molecule has 0 N–H and O–H groups in total. The molecule has 3 nitrogen and oxygen atoms in total. The third-order valence-corrected chi connectivity index (χ3v) is 3.91. The summed E-state index contributed by atoms with van der Waals surface area (Å²) in [7, 11) is 0. The standard InChI is InChI=1S/C13H16BrN3/c1-4-11(14)12-8-17(16-15-12)13-6-5-9(2)7-10(13)3/h5-8,11H,4H2,1-3H3. The lowest BCUT2D eigenvalue weighted by Crippen LogP contribution is -1.98. The molecule has 0 aliphatic rings. The van der Waals surface area contributed by atoms with Crippen molar-refractivity contribution >= 4 is 15.9 Å². The summed E-state index contributed by atoms with van der Waals surface area (Å²) in [4.78, 5) is 0.280. The maximum Gasteiger partial charge on any atom is 0.0967 e. The minimum Gasteiger partial charge on any atom is -0.220 e. The van der Waals surface area contributed by atoms with Crippen molar-refractivity contribution in [3.05, 3.63) is 41.2 Å². The molecular formula is C13H16BrN3. The Morgan fingerprint density at radius 1 is 1.35 bits per heavy atom. The molecule has 2 rings (SSSR count). The first-order chi connectivity index (χ1) is 8.11. The molecule has 0 saturated heterocycles. The summed E-state index contributed by atoms with van der Waals surface area (Å²) in [6, 6.07) is 6.33. The molecule has 1 aromatic carbocycles. The maximum absolute atomic E-state index is 4.19. The highest BCUT2D eigenvalue weighted by atomic mass is 79.9. The molecule has 90 valence electrons. The minimum absolute atomic E-state index is 0.280. The molecule has 0 amide bonds. The van der Waals surface area contributed by atoms with E-state index in [0.29, 0.717) is 0 Å². The fraction of sp³-hybridized carbons (Fsp3) is 0.385. The molecule has 4 heteroatoms. The van der Waals surface area contributed by atoms with E-state index in [0.717, 1.165) is 17.8 Å². The molecule has 1 unspecified atom stereocenters. The molecule has 0 spiro atoms. The zero-order valence-electron chi connectivity index (χ0n) is 10.3. The molecule has 17 heavy (non-hydrogen) atoms. The van der Waals surface area contributed by atoms with E-state index < -0.39 is 0 Å². The number of benzene rings is 1. The molecular weight excluding hydrogens is 278 g/mol. The molecule has 0 fully saturated rings. The van der Waals surface area contributed by atoms with E-state index in [1.807, 2.05) is 10.9 Å². The van der Waals surface area contributed by atoms with Crippen molar-refractivity contribution in [3.63, 3.8) is 0 Å². The molecule has 0 bridgehead atoms. The molecule has 2 aromatic rings. The number of nitrogens with zero attached hydrogens (tertiary/aromatic N) is 3. The molecule has 0 radical (unpaired) electrons. The van der Waals surface area contributed by atoms with Crippen molar-refractivity contribution in [2.45, 2.75) is 32.0 Å². The van der Waals surface area contributed by atoms with Gasteiger partial charge in [0.05, 0.1) is 22.4 Å². The van der Waals surface area contributed by atoms with Gasteiger partial charge in [-0.2, -0.15) is 0 Å². The van der Waals surface area contributed by atoms with Crippen LogP contribution in [0.15, 0.2) is 24.4 Å². The van der Waals surface area contributed by atoms with Crippen molar-refractivity contribution in [2.24, 2.45) is 0 Å². The number of alkyl halides is 1. The van der Waals surface area contributed by atoms with Gasteiger partial charge < -0.3 is 0 Å². The van der Waals surface area contributed by atoms with Gasteiger partial charge in [0.1, 0.15) is 0 Å². The Morgan fingerprint density at radius 3 is 2.76 bits per heavy atom. The van der Waals surface area contributed by atoms with Gasteiger partial charge in [-0.1, -0.05) is 45.8 Å². The van der Waals surface area contributed by atoms with Gasteiger partial charge in [-0.25, -0.2) is 4.68 Å². The predicted molar refractivity (Wildman–Crippen MR) is 72.8 cm³/mol. The van der Waals surface area contributed by atoms with Gasteiger partial charge in [-0.05, 0) is 31.9 Å². The largest absolute Gasteiger partial charge is 0.220 e. The van der Waals surface area contributed by atoms with E-state index in [1.165, 1.54) is 11.1 Å². The van der Waals surface area contributed by atoms with E-state index in [9.17, 15) is 0 Å². The monoisotopic (exact) mass is 293 g/mol. The SMILES string of the molecule is CCC(Br)c1cn(-c2ccc(C)cc2C)nn1. The fourth-order valence-electron chi connectivity index (χ4n) is 1.81. The number of hydrogen-bond acceptors (Lipinski definition) is 2. The molecule has 1 atom stereocenters. The third kappa shape index (κ3) is 2.57. The summed E-state index contributed by atoms with van der Waals surface area (Å²) in [6.45, 7) is 6.31. The van der Waals surface area contributed by atoms with Crippen LogP contribution in [0.2, 0.25) is 0 Å².